The smallest absolute Gasteiger partial charge is 0.398 e. The minimum Gasteiger partial charge on any atom is -0.398 e. The first-order valence-electron chi connectivity index (χ1n) is 6.54. The highest BCUT2D eigenvalue weighted by Gasteiger charge is 2.32. The van der Waals surface area contributed by atoms with Crippen LogP contribution in [0.1, 0.15) is 27.0 Å². The number of nitrogen functional groups attached to an aromatic ring is 1. The van der Waals surface area contributed by atoms with Gasteiger partial charge >= 0.3 is 6.18 Å². The van der Waals surface area contributed by atoms with Crippen molar-refractivity contribution in [2.75, 3.05) is 11.1 Å². The molecule has 0 saturated heterocycles. The quantitative estimate of drug-likeness (QED) is 0.819. The summed E-state index contributed by atoms with van der Waals surface area (Å²) in [5.74, 6) is -0.510. The summed E-state index contributed by atoms with van der Waals surface area (Å²) in [6, 6.07) is 8.41. The van der Waals surface area contributed by atoms with Gasteiger partial charge in [0, 0.05) is 16.9 Å². The molecule has 1 amide bonds. The molecule has 0 fully saturated rings. The van der Waals surface area contributed by atoms with E-state index in [-0.39, 0.29) is 16.8 Å². The number of carbonyl (C=O) groups excluding carboxylic acids is 1. The van der Waals surface area contributed by atoms with Gasteiger partial charge in [-0.15, -0.1) is 0 Å². The molecule has 2 aromatic rings. The molecule has 0 unspecified atom stereocenters. The Balaban J connectivity index is 2.27. The third kappa shape index (κ3) is 3.39. The Bertz CT molecular complexity index is 724. The first-order valence-corrected chi connectivity index (χ1v) is 6.54. The lowest BCUT2D eigenvalue weighted by Gasteiger charge is -2.13. The second kappa shape index (κ2) is 5.71. The van der Waals surface area contributed by atoms with Gasteiger partial charge < -0.3 is 11.1 Å². The number of nitrogens with one attached hydrogen (secondary N) is 1. The summed E-state index contributed by atoms with van der Waals surface area (Å²) in [5.41, 5.74) is 6.71. The Morgan fingerprint density at radius 2 is 1.68 bits per heavy atom. The zero-order valence-electron chi connectivity index (χ0n) is 12.1. The van der Waals surface area contributed by atoms with Gasteiger partial charge in [-0.3, -0.25) is 4.79 Å². The molecule has 0 saturated carbocycles. The summed E-state index contributed by atoms with van der Waals surface area (Å²) >= 11 is 0. The monoisotopic (exact) mass is 308 g/mol. The zero-order valence-corrected chi connectivity index (χ0v) is 12.1. The van der Waals surface area contributed by atoms with E-state index in [2.05, 4.69) is 5.32 Å². The summed E-state index contributed by atoms with van der Waals surface area (Å²) in [6.07, 6.45) is -4.46. The number of carbonyl (C=O) groups is 1. The number of amides is 1. The van der Waals surface area contributed by atoms with Crippen molar-refractivity contribution in [3.8, 4) is 0 Å². The van der Waals surface area contributed by atoms with Gasteiger partial charge in [-0.25, -0.2) is 0 Å². The lowest BCUT2D eigenvalue weighted by atomic mass is 10.1. The normalized spacial score (nSPS) is 11.3. The molecule has 3 N–H and O–H groups in total. The molecule has 0 spiro atoms. The Morgan fingerprint density at radius 1 is 1.05 bits per heavy atom. The molecule has 0 aliphatic heterocycles. The van der Waals surface area contributed by atoms with Gasteiger partial charge in [-0.1, -0.05) is 12.1 Å². The average Bonchev–Trinajstić information content (AvgIpc) is 2.42. The molecule has 0 bridgehead atoms. The fourth-order valence-electron chi connectivity index (χ4n) is 1.99. The molecule has 0 aromatic heterocycles. The number of benzene rings is 2. The minimum absolute atomic E-state index is 0.0853. The van der Waals surface area contributed by atoms with Crippen LogP contribution in [0.5, 0.6) is 0 Å². The van der Waals surface area contributed by atoms with E-state index in [1.165, 1.54) is 25.1 Å². The van der Waals surface area contributed by atoms with Crippen molar-refractivity contribution >= 4 is 17.3 Å². The van der Waals surface area contributed by atoms with Crippen LogP contribution < -0.4 is 11.1 Å². The number of hydrogen-bond donors (Lipinski definition) is 2. The fourth-order valence-corrected chi connectivity index (χ4v) is 1.99. The van der Waals surface area contributed by atoms with Crippen molar-refractivity contribution < 1.29 is 18.0 Å². The number of nitrogens with two attached hydrogens (primary N) is 1. The third-order valence-electron chi connectivity index (χ3n) is 3.34. The van der Waals surface area contributed by atoms with Crippen LogP contribution in [0.4, 0.5) is 24.5 Å². The highest BCUT2D eigenvalue weighted by Crippen LogP contribution is 2.33. The molecule has 2 aromatic carbocycles. The van der Waals surface area contributed by atoms with Gasteiger partial charge in [0.05, 0.1) is 5.56 Å². The number of anilines is 2. The maximum Gasteiger partial charge on any atom is 0.416 e. The number of aryl methyl sites for hydroxylation is 2. The van der Waals surface area contributed by atoms with Crippen LogP contribution in [0.15, 0.2) is 36.4 Å². The Kier molecular flexibility index (Phi) is 4.12. The van der Waals surface area contributed by atoms with Crippen molar-refractivity contribution in [3.63, 3.8) is 0 Å². The predicted molar refractivity (Wildman–Crippen MR) is 79.7 cm³/mol. The van der Waals surface area contributed by atoms with Crippen LogP contribution in [-0.2, 0) is 6.18 Å². The van der Waals surface area contributed by atoms with E-state index >= 15 is 0 Å². The summed E-state index contributed by atoms with van der Waals surface area (Å²) in [4.78, 5) is 12.1. The van der Waals surface area contributed by atoms with Crippen LogP contribution in [0.25, 0.3) is 0 Å². The van der Waals surface area contributed by atoms with E-state index < -0.39 is 17.6 Å². The molecule has 116 valence electrons. The predicted octanol–water partition coefficient (Wildman–Crippen LogP) is 4.16. The topological polar surface area (TPSA) is 55.1 Å². The lowest BCUT2D eigenvalue weighted by Crippen LogP contribution is -2.14. The summed E-state index contributed by atoms with van der Waals surface area (Å²) < 4.78 is 38.6. The standard InChI is InChI=1S/C16H15F3N2O/c1-9-4-6-12(8-13(9)16(17,18)19)21-15(22)11-5-3-10(2)14(20)7-11/h3-8H,20H2,1-2H3,(H,21,22). The van der Waals surface area contributed by atoms with Crippen LogP contribution in [-0.4, -0.2) is 5.91 Å². The third-order valence-corrected chi connectivity index (χ3v) is 3.34. The molecular weight excluding hydrogens is 293 g/mol. The van der Waals surface area contributed by atoms with Gasteiger partial charge in [-0.2, -0.15) is 13.2 Å². The van der Waals surface area contributed by atoms with Gasteiger partial charge in [0.25, 0.3) is 5.91 Å². The first kappa shape index (κ1) is 15.9. The van der Waals surface area contributed by atoms with Gasteiger partial charge in [0.1, 0.15) is 0 Å². The van der Waals surface area contributed by atoms with Gasteiger partial charge in [0.15, 0.2) is 0 Å². The van der Waals surface area contributed by atoms with Crippen molar-refractivity contribution in [2.24, 2.45) is 0 Å². The highest BCUT2D eigenvalue weighted by molar-refractivity contribution is 6.04. The molecule has 22 heavy (non-hydrogen) atoms. The maximum atomic E-state index is 12.9. The van der Waals surface area contributed by atoms with Gasteiger partial charge in [-0.05, 0) is 49.2 Å². The van der Waals surface area contributed by atoms with Crippen LogP contribution in [0.3, 0.4) is 0 Å². The van der Waals surface area contributed by atoms with E-state index in [1.54, 1.807) is 19.1 Å². The molecule has 3 nitrogen and oxygen atoms in total. The Hall–Kier alpha value is -2.50. The fraction of sp³-hybridized carbons (Fsp3) is 0.188. The Morgan fingerprint density at radius 3 is 2.27 bits per heavy atom. The second-order valence-electron chi connectivity index (χ2n) is 5.05. The van der Waals surface area contributed by atoms with E-state index in [0.717, 1.165) is 11.6 Å². The summed E-state index contributed by atoms with van der Waals surface area (Å²) in [6.45, 7) is 3.17. The molecule has 0 atom stereocenters. The lowest BCUT2D eigenvalue weighted by molar-refractivity contribution is -0.138. The molecule has 0 radical (unpaired) electrons. The first-order chi connectivity index (χ1) is 10.2. The maximum absolute atomic E-state index is 12.9. The van der Waals surface area contributed by atoms with Crippen LogP contribution in [0.2, 0.25) is 0 Å². The molecular formula is C16H15F3N2O. The van der Waals surface area contributed by atoms with E-state index in [1.807, 2.05) is 0 Å². The molecule has 6 heteroatoms. The van der Waals surface area contributed by atoms with E-state index in [0.29, 0.717) is 5.69 Å². The van der Waals surface area contributed by atoms with E-state index in [4.69, 9.17) is 5.73 Å². The van der Waals surface area contributed by atoms with E-state index in [9.17, 15) is 18.0 Å². The van der Waals surface area contributed by atoms with Crippen molar-refractivity contribution in [1.82, 2.24) is 0 Å². The minimum atomic E-state index is -4.46. The summed E-state index contributed by atoms with van der Waals surface area (Å²) in [5, 5.41) is 2.45. The molecule has 0 aliphatic carbocycles. The van der Waals surface area contributed by atoms with Crippen LogP contribution in [0, 0.1) is 13.8 Å². The van der Waals surface area contributed by atoms with Gasteiger partial charge in [0.2, 0.25) is 0 Å². The number of halogens is 3. The molecule has 0 heterocycles. The van der Waals surface area contributed by atoms with Crippen LogP contribution >= 0.6 is 0 Å². The SMILES string of the molecule is Cc1ccc(C(=O)Nc2ccc(C)c(C(F)(F)F)c2)cc1N. The average molecular weight is 308 g/mol. The van der Waals surface area contributed by atoms with Crippen molar-refractivity contribution in [3.05, 3.63) is 58.7 Å². The van der Waals surface area contributed by atoms with Crippen molar-refractivity contribution in [1.29, 1.82) is 0 Å². The largest absolute Gasteiger partial charge is 0.416 e. The zero-order chi connectivity index (χ0) is 16.5. The summed E-state index contributed by atoms with van der Waals surface area (Å²) in [7, 11) is 0. The number of rotatable bonds is 2. The number of hydrogen-bond acceptors (Lipinski definition) is 2. The Labute approximate surface area is 125 Å². The van der Waals surface area contributed by atoms with Crippen molar-refractivity contribution in [2.45, 2.75) is 20.0 Å². The molecule has 2 rings (SSSR count). The number of alkyl halides is 3. The second-order valence-corrected chi connectivity index (χ2v) is 5.05. The molecule has 0 aliphatic rings. The highest BCUT2D eigenvalue weighted by atomic mass is 19.4.